The van der Waals surface area contributed by atoms with E-state index >= 15 is 4.39 Å². The highest BCUT2D eigenvalue weighted by atomic mass is 19.4. The Kier molecular flexibility index (Phi) is 9.67. The van der Waals surface area contributed by atoms with E-state index in [1.807, 2.05) is 0 Å². The fraction of sp³-hybridized carbons (Fsp3) is 0.889. The Labute approximate surface area is 203 Å². The van der Waals surface area contributed by atoms with Gasteiger partial charge in [0, 0.05) is 0 Å². The summed E-state index contributed by atoms with van der Waals surface area (Å²) in [5.41, 5.74) is -22.8. The van der Waals surface area contributed by atoms with Gasteiger partial charge in [-0.3, -0.25) is 4.79 Å². The average molecular weight is 600 g/mol. The van der Waals surface area contributed by atoms with Crippen LogP contribution in [-0.2, 0) is 23.8 Å². The smallest absolute Gasteiger partial charge is 0.435 e. The molecule has 5 nitrogen and oxygen atoms in total. The van der Waals surface area contributed by atoms with Crippen molar-refractivity contribution in [1.82, 2.24) is 0 Å². The van der Waals surface area contributed by atoms with Crippen molar-refractivity contribution in [3.05, 3.63) is 0 Å². The summed E-state index contributed by atoms with van der Waals surface area (Å²) in [6, 6.07) is -4.12. The summed E-state index contributed by atoms with van der Waals surface area (Å²) in [7, 11) is 0.0735. The predicted octanol–water partition coefficient (Wildman–Crippen LogP) is 6.39. The maximum Gasteiger partial charge on any atom is 0.435 e. The Hall–Kier alpha value is -1.99. The van der Waals surface area contributed by atoms with Crippen LogP contribution in [0.1, 0.15) is 40.5 Å². The number of hydrogen-bond acceptors (Lipinski definition) is 5. The molecule has 0 amide bonds. The molecule has 0 aliphatic heterocycles. The molecule has 0 rings (SSSR count). The van der Waals surface area contributed by atoms with Crippen LogP contribution < -0.4 is 0 Å². The summed E-state index contributed by atoms with van der Waals surface area (Å²) in [4.78, 5) is 21.8. The standard InChI is InChI=1S/C18H19F15O5/c1-6-10(3,12(20,8(19)34)15(24,25)26)37-18(32,33)14(23,16(27,28)29)11(4,7-2)38-17(30,31)13(21,22)9(35)36-5/h6-7H2,1-5H3. The van der Waals surface area contributed by atoms with Crippen LogP contribution in [0.3, 0.4) is 0 Å². The van der Waals surface area contributed by atoms with E-state index in [1.165, 1.54) is 0 Å². The van der Waals surface area contributed by atoms with Gasteiger partial charge < -0.3 is 14.2 Å². The fourth-order valence-corrected chi connectivity index (χ4v) is 3.11. The quantitative estimate of drug-likeness (QED) is 0.148. The summed E-state index contributed by atoms with van der Waals surface area (Å²) in [5, 5.41) is 0. The molecule has 0 aliphatic carbocycles. The third kappa shape index (κ3) is 5.25. The molecule has 0 N–H and O–H groups in total. The van der Waals surface area contributed by atoms with Crippen molar-refractivity contribution >= 4 is 12.0 Å². The van der Waals surface area contributed by atoms with Gasteiger partial charge in [0.1, 0.15) is 11.2 Å². The lowest BCUT2D eigenvalue weighted by Gasteiger charge is -2.50. The first kappa shape index (κ1) is 36.0. The van der Waals surface area contributed by atoms with Crippen LogP contribution in [0, 0.1) is 0 Å². The van der Waals surface area contributed by atoms with Crippen LogP contribution in [0.2, 0.25) is 0 Å². The first-order valence-corrected chi connectivity index (χ1v) is 9.79. The number of hydrogen-bond donors (Lipinski definition) is 0. The van der Waals surface area contributed by atoms with E-state index in [1.54, 1.807) is 0 Å². The molecular weight excluding hydrogens is 581 g/mol. The second kappa shape index (κ2) is 10.2. The van der Waals surface area contributed by atoms with Crippen molar-refractivity contribution in [2.24, 2.45) is 0 Å². The van der Waals surface area contributed by atoms with Crippen LogP contribution in [0.4, 0.5) is 65.9 Å². The number of alkyl halides is 14. The van der Waals surface area contributed by atoms with E-state index < -0.39 is 91.7 Å². The largest absolute Gasteiger partial charge is 0.464 e. The first-order chi connectivity index (χ1) is 16.5. The Morgan fingerprint density at radius 2 is 1.00 bits per heavy atom. The van der Waals surface area contributed by atoms with Crippen LogP contribution in [0.25, 0.3) is 0 Å². The van der Waals surface area contributed by atoms with Gasteiger partial charge in [0.25, 0.3) is 0 Å². The molecule has 0 heterocycles. The number of methoxy groups -OCH3 is 1. The average Bonchev–Trinajstić information content (AvgIpc) is 2.74. The summed E-state index contributed by atoms with van der Waals surface area (Å²) >= 11 is 0. The third-order valence-electron chi connectivity index (χ3n) is 5.77. The molecule has 0 saturated heterocycles. The van der Waals surface area contributed by atoms with Gasteiger partial charge in [-0.1, -0.05) is 13.8 Å². The van der Waals surface area contributed by atoms with Gasteiger partial charge in [-0.25, -0.2) is 13.6 Å². The van der Waals surface area contributed by atoms with E-state index in [-0.39, 0.29) is 21.0 Å². The third-order valence-corrected chi connectivity index (χ3v) is 5.77. The molecule has 0 aromatic heterocycles. The van der Waals surface area contributed by atoms with E-state index in [0.717, 1.165) is 0 Å². The zero-order chi connectivity index (χ0) is 31.2. The Morgan fingerprint density at radius 3 is 1.26 bits per heavy atom. The summed E-state index contributed by atoms with van der Waals surface area (Å²) in [5.74, 6) is -9.46. The van der Waals surface area contributed by atoms with Gasteiger partial charge in [0.05, 0.1) is 7.11 Å². The minimum atomic E-state index is -7.27. The van der Waals surface area contributed by atoms with Gasteiger partial charge in [-0.05, 0) is 26.7 Å². The van der Waals surface area contributed by atoms with E-state index in [9.17, 15) is 71.1 Å². The predicted molar refractivity (Wildman–Crippen MR) is 92.3 cm³/mol. The highest BCUT2D eigenvalue weighted by Gasteiger charge is 2.85. The maximum atomic E-state index is 15.5. The monoisotopic (exact) mass is 600 g/mol. The van der Waals surface area contributed by atoms with Gasteiger partial charge in [0.15, 0.2) is 0 Å². The highest BCUT2D eigenvalue weighted by Crippen LogP contribution is 2.59. The number of esters is 1. The fourth-order valence-electron chi connectivity index (χ4n) is 3.11. The summed E-state index contributed by atoms with van der Waals surface area (Å²) in [6.45, 7) is -0.739. The Balaban J connectivity index is 7.31. The number of carbonyl (C=O) groups is 2. The topological polar surface area (TPSA) is 61.8 Å². The molecule has 4 atom stereocenters. The molecule has 0 fully saturated rings. The lowest BCUT2D eigenvalue weighted by atomic mass is 9.79. The minimum absolute atomic E-state index is 0.0735. The zero-order valence-electron chi connectivity index (χ0n) is 19.6. The molecule has 0 radical (unpaired) electrons. The second-order valence-corrected chi connectivity index (χ2v) is 8.06. The second-order valence-electron chi connectivity index (χ2n) is 8.06. The zero-order valence-corrected chi connectivity index (χ0v) is 19.6. The van der Waals surface area contributed by atoms with Gasteiger partial charge in [-0.15, -0.1) is 0 Å². The summed E-state index contributed by atoms with van der Waals surface area (Å²) < 4.78 is 219. The van der Waals surface area contributed by atoms with Crippen LogP contribution in [0.15, 0.2) is 0 Å². The molecule has 226 valence electrons. The Bertz CT molecular complexity index is 888. The van der Waals surface area contributed by atoms with Crippen molar-refractivity contribution in [3.63, 3.8) is 0 Å². The molecule has 0 aromatic rings. The molecule has 38 heavy (non-hydrogen) atoms. The molecule has 0 spiro atoms. The normalized spacial score (nSPS) is 20.5. The molecular formula is C18H19F15O5. The summed E-state index contributed by atoms with van der Waals surface area (Å²) in [6.07, 6.45) is -31.7. The van der Waals surface area contributed by atoms with Crippen LogP contribution >= 0.6 is 0 Å². The number of rotatable bonds is 12. The highest BCUT2D eigenvalue weighted by molar-refractivity contribution is 5.81. The van der Waals surface area contributed by atoms with Gasteiger partial charge >= 0.3 is 53.8 Å². The minimum Gasteiger partial charge on any atom is -0.464 e. The maximum absolute atomic E-state index is 15.5. The van der Waals surface area contributed by atoms with Crippen molar-refractivity contribution in [2.75, 3.05) is 7.11 Å². The van der Waals surface area contributed by atoms with Crippen molar-refractivity contribution in [1.29, 1.82) is 0 Å². The molecule has 0 bridgehead atoms. The Morgan fingerprint density at radius 1 is 0.632 bits per heavy atom. The number of ether oxygens (including phenoxy) is 3. The van der Waals surface area contributed by atoms with Gasteiger partial charge in [-0.2, -0.15) is 57.1 Å². The van der Waals surface area contributed by atoms with E-state index in [0.29, 0.717) is 0 Å². The lowest BCUT2D eigenvalue weighted by molar-refractivity contribution is -0.475. The molecule has 0 saturated carbocycles. The van der Waals surface area contributed by atoms with Crippen molar-refractivity contribution in [3.8, 4) is 0 Å². The molecule has 4 unspecified atom stereocenters. The SMILES string of the molecule is CCC(C)(OC(F)(F)C(F)(C(F)(F)F)C(C)(CC)OC(F)(F)C(F)(F)C(=O)OC)C(F)(C(=O)F)C(F)(F)F. The van der Waals surface area contributed by atoms with Crippen molar-refractivity contribution < 1.29 is 89.7 Å². The van der Waals surface area contributed by atoms with E-state index in [2.05, 4.69) is 14.2 Å². The molecule has 20 heteroatoms. The molecule has 0 aromatic carbocycles. The van der Waals surface area contributed by atoms with Crippen molar-refractivity contribution in [2.45, 2.75) is 93.6 Å². The van der Waals surface area contributed by atoms with E-state index in [4.69, 9.17) is 0 Å². The van der Waals surface area contributed by atoms with Gasteiger partial charge in [0.2, 0.25) is 0 Å². The van der Waals surface area contributed by atoms with Crippen LogP contribution in [0.5, 0.6) is 0 Å². The lowest BCUT2D eigenvalue weighted by Crippen LogP contribution is -2.74. The first-order valence-electron chi connectivity index (χ1n) is 9.79. The molecule has 0 aliphatic rings. The number of halogens is 15. The number of carbonyl (C=O) groups excluding carboxylic acids is 2. The van der Waals surface area contributed by atoms with Crippen LogP contribution in [-0.4, -0.2) is 72.1 Å².